The molecule has 0 bridgehead atoms. The highest BCUT2D eigenvalue weighted by atomic mass is 79.9. The molecule has 0 aromatic carbocycles. The Morgan fingerprint density at radius 3 is 2.75 bits per heavy atom. The molecule has 2 heterocycles. The van der Waals surface area contributed by atoms with E-state index >= 15 is 0 Å². The van der Waals surface area contributed by atoms with Crippen molar-refractivity contribution in [1.29, 1.82) is 5.26 Å². The summed E-state index contributed by atoms with van der Waals surface area (Å²) in [7, 11) is 0. The summed E-state index contributed by atoms with van der Waals surface area (Å²) in [5, 5.41) is 13.5. The van der Waals surface area contributed by atoms with Crippen molar-refractivity contribution in [2.45, 2.75) is 0 Å². The van der Waals surface area contributed by atoms with E-state index in [0.717, 1.165) is 14.2 Å². The average molecular weight is 331 g/mol. The van der Waals surface area contributed by atoms with Gasteiger partial charge in [-0.3, -0.25) is 0 Å². The van der Waals surface area contributed by atoms with Gasteiger partial charge in [-0.2, -0.15) is 5.26 Å². The summed E-state index contributed by atoms with van der Waals surface area (Å²) in [4.78, 5) is 0.898. The van der Waals surface area contributed by atoms with Crippen molar-refractivity contribution in [1.82, 2.24) is 0 Å². The molecule has 2 aromatic rings. The summed E-state index contributed by atoms with van der Waals surface area (Å²) < 4.78 is 1.00. The second-order valence-corrected chi connectivity index (χ2v) is 6.53. The van der Waals surface area contributed by atoms with Crippen LogP contribution in [-0.2, 0) is 0 Å². The molecule has 0 aliphatic rings. The predicted molar refractivity (Wildman–Crippen MR) is 74.6 cm³/mol. The van der Waals surface area contributed by atoms with Gasteiger partial charge in [-0.1, -0.05) is 17.7 Å². The summed E-state index contributed by atoms with van der Waals surface area (Å²) >= 11 is 12.7. The molecule has 0 fully saturated rings. The van der Waals surface area contributed by atoms with Gasteiger partial charge in [-0.15, -0.1) is 22.7 Å². The van der Waals surface area contributed by atoms with Crippen LogP contribution in [0.15, 0.2) is 32.7 Å². The van der Waals surface area contributed by atoms with Crippen LogP contribution in [0.2, 0.25) is 0 Å². The Kier molecular flexibility index (Phi) is 3.82. The molecule has 0 atom stereocenters. The van der Waals surface area contributed by atoms with Crippen LogP contribution in [0, 0.1) is 11.3 Å². The van der Waals surface area contributed by atoms with Crippen LogP contribution < -0.4 is 0 Å². The zero-order chi connectivity index (χ0) is 11.5. The van der Waals surface area contributed by atoms with Crippen LogP contribution >= 0.6 is 50.2 Å². The first-order valence-corrected chi connectivity index (χ1v) is 7.23. The van der Waals surface area contributed by atoms with Crippen molar-refractivity contribution in [2.75, 3.05) is 0 Å². The molecule has 0 unspecified atom stereocenters. The zero-order valence-electron chi connectivity index (χ0n) is 7.91. The van der Waals surface area contributed by atoms with Gasteiger partial charge in [0.05, 0.1) is 14.4 Å². The maximum absolute atomic E-state index is 9.14. The van der Waals surface area contributed by atoms with E-state index in [2.05, 4.69) is 22.0 Å². The van der Waals surface area contributed by atoms with Crippen molar-refractivity contribution in [3.63, 3.8) is 0 Å². The summed E-state index contributed by atoms with van der Waals surface area (Å²) in [6.45, 7) is 0. The lowest BCUT2D eigenvalue weighted by atomic mass is 10.1. The van der Waals surface area contributed by atoms with Crippen LogP contribution in [0.5, 0.6) is 0 Å². The lowest BCUT2D eigenvalue weighted by Gasteiger charge is -1.98. The van der Waals surface area contributed by atoms with Gasteiger partial charge in [0, 0.05) is 15.8 Å². The fourth-order valence-corrected chi connectivity index (χ4v) is 3.45. The third-order valence-electron chi connectivity index (χ3n) is 1.92. The monoisotopic (exact) mass is 329 g/mol. The third kappa shape index (κ3) is 2.38. The number of thiophene rings is 2. The van der Waals surface area contributed by atoms with Gasteiger partial charge in [0.1, 0.15) is 6.07 Å². The van der Waals surface area contributed by atoms with Crippen LogP contribution in [0.1, 0.15) is 10.4 Å². The van der Waals surface area contributed by atoms with Gasteiger partial charge in [0.15, 0.2) is 0 Å². The fraction of sp³-hybridized carbons (Fsp3) is 0. The highest BCUT2D eigenvalue weighted by molar-refractivity contribution is 9.11. The van der Waals surface area contributed by atoms with E-state index in [0.29, 0.717) is 10.6 Å². The maximum Gasteiger partial charge on any atom is 0.102 e. The summed E-state index contributed by atoms with van der Waals surface area (Å²) in [5.74, 6) is 0. The first kappa shape index (κ1) is 11.9. The largest absolute Gasteiger partial charge is 0.192 e. The minimum Gasteiger partial charge on any atom is -0.192 e. The summed E-state index contributed by atoms with van der Waals surface area (Å²) in [6.07, 6.45) is 0. The molecule has 0 radical (unpaired) electrons. The predicted octanol–water partition coefficient (Wildman–Crippen LogP) is 5.20. The molecule has 0 saturated heterocycles. The standard InChI is InChI=1S/C11H5BrClNS2/c12-10-4-7(6-16-10)11(13)8(5-14)9-2-1-3-15-9/h1-4,6H/b11-8-. The number of nitriles is 1. The molecule has 0 amide bonds. The SMILES string of the molecule is N#C/C(=C(/Cl)c1csc(Br)c1)c1cccs1. The summed E-state index contributed by atoms with van der Waals surface area (Å²) in [5.41, 5.74) is 1.41. The highest BCUT2D eigenvalue weighted by Gasteiger charge is 2.11. The number of hydrogen-bond donors (Lipinski definition) is 0. The molecular formula is C11H5BrClNS2. The Bertz CT molecular complexity index is 563. The molecule has 0 spiro atoms. The fourth-order valence-electron chi connectivity index (χ4n) is 1.20. The van der Waals surface area contributed by atoms with E-state index in [-0.39, 0.29) is 0 Å². The number of hydrogen-bond acceptors (Lipinski definition) is 3. The van der Waals surface area contributed by atoms with E-state index in [1.807, 2.05) is 29.0 Å². The molecule has 0 N–H and O–H groups in total. The Morgan fingerprint density at radius 2 is 2.25 bits per heavy atom. The van der Waals surface area contributed by atoms with E-state index < -0.39 is 0 Å². The zero-order valence-corrected chi connectivity index (χ0v) is 11.9. The second-order valence-electron chi connectivity index (χ2n) is 2.92. The molecule has 80 valence electrons. The van der Waals surface area contributed by atoms with E-state index in [1.165, 1.54) is 11.3 Å². The Balaban J connectivity index is 2.51. The minimum absolute atomic E-state index is 0.506. The minimum atomic E-state index is 0.506. The number of rotatable bonds is 2. The normalized spacial score (nSPS) is 12.1. The van der Waals surface area contributed by atoms with Gasteiger partial charge in [0.2, 0.25) is 0 Å². The first-order valence-electron chi connectivity index (χ1n) is 4.30. The molecule has 2 rings (SSSR count). The smallest absolute Gasteiger partial charge is 0.102 e. The van der Waals surface area contributed by atoms with Crippen LogP contribution in [-0.4, -0.2) is 0 Å². The van der Waals surface area contributed by atoms with Gasteiger partial charge >= 0.3 is 0 Å². The Labute approximate surface area is 115 Å². The number of allylic oxidation sites excluding steroid dienone is 1. The number of nitrogens with zero attached hydrogens (tertiary/aromatic N) is 1. The van der Waals surface area contributed by atoms with Crippen LogP contribution in [0.25, 0.3) is 10.6 Å². The lowest BCUT2D eigenvalue weighted by molar-refractivity contribution is 1.54. The lowest BCUT2D eigenvalue weighted by Crippen LogP contribution is -1.80. The van der Waals surface area contributed by atoms with Gasteiger partial charge in [0.25, 0.3) is 0 Å². The van der Waals surface area contributed by atoms with Crippen LogP contribution in [0.3, 0.4) is 0 Å². The van der Waals surface area contributed by atoms with Gasteiger partial charge in [-0.05, 0) is 33.4 Å². The molecule has 0 saturated carbocycles. The quantitative estimate of drug-likeness (QED) is 0.694. The van der Waals surface area contributed by atoms with Crippen molar-refractivity contribution < 1.29 is 0 Å². The topological polar surface area (TPSA) is 23.8 Å². The summed E-state index contributed by atoms with van der Waals surface area (Å²) in [6, 6.07) is 7.88. The third-order valence-corrected chi connectivity index (χ3v) is 4.72. The molecular weight excluding hydrogens is 326 g/mol. The van der Waals surface area contributed by atoms with Gasteiger partial charge < -0.3 is 0 Å². The molecule has 2 aromatic heterocycles. The molecule has 5 heteroatoms. The number of halogens is 2. The Hall–Kier alpha value is -0.600. The van der Waals surface area contributed by atoms with Crippen molar-refractivity contribution >= 4 is 60.8 Å². The molecule has 0 aliphatic heterocycles. The highest BCUT2D eigenvalue weighted by Crippen LogP contribution is 2.34. The van der Waals surface area contributed by atoms with E-state index in [4.69, 9.17) is 16.9 Å². The maximum atomic E-state index is 9.14. The van der Waals surface area contributed by atoms with Crippen molar-refractivity contribution in [3.05, 3.63) is 43.2 Å². The molecule has 16 heavy (non-hydrogen) atoms. The average Bonchev–Trinajstić information content (AvgIpc) is 2.90. The van der Waals surface area contributed by atoms with Crippen molar-refractivity contribution in [2.24, 2.45) is 0 Å². The molecule has 1 nitrogen and oxygen atoms in total. The first-order chi connectivity index (χ1) is 7.72. The van der Waals surface area contributed by atoms with Gasteiger partial charge in [-0.25, -0.2) is 0 Å². The molecule has 0 aliphatic carbocycles. The Morgan fingerprint density at radius 1 is 1.44 bits per heavy atom. The van der Waals surface area contributed by atoms with E-state index in [1.54, 1.807) is 11.3 Å². The second kappa shape index (κ2) is 5.15. The van der Waals surface area contributed by atoms with E-state index in [9.17, 15) is 0 Å². The van der Waals surface area contributed by atoms with Crippen LogP contribution in [0.4, 0.5) is 0 Å². The van der Waals surface area contributed by atoms with Crippen molar-refractivity contribution in [3.8, 4) is 6.07 Å².